The maximum Gasteiger partial charge on any atom is -0.00756 e. The number of allylic oxidation sites excluding steroid dienone is 9. The van der Waals surface area contributed by atoms with Crippen molar-refractivity contribution in [1.82, 2.24) is 0 Å². The molecule has 0 nitrogen and oxygen atoms in total. The quantitative estimate of drug-likeness (QED) is 0.506. The highest BCUT2D eigenvalue weighted by molar-refractivity contribution is 5.32. The number of hydrogen-bond acceptors (Lipinski definition) is 0. The van der Waals surface area contributed by atoms with Gasteiger partial charge in [-0.3, -0.25) is 0 Å². The van der Waals surface area contributed by atoms with Crippen molar-refractivity contribution in [3.05, 3.63) is 60.8 Å². The Bertz CT molecular complexity index is 236. The molecule has 1 aliphatic rings. The monoisotopic (exact) mass is 158 g/mol. The van der Waals surface area contributed by atoms with Gasteiger partial charge in [0, 0.05) is 0 Å². The fourth-order valence-corrected chi connectivity index (χ4v) is 0.957. The minimum absolute atomic E-state index is 0.505. The zero-order chi connectivity index (χ0) is 8.81. The minimum atomic E-state index is 0.505. The molecule has 0 aliphatic heterocycles. The van der Waals surface area contributed by atoms with Gasteiger partial charge in [-0.05, 0) is 11.5 Å². The third-order valence-electron chi connectivity index (χ3n) is 1.67. The Morgan fingerprint density at radius 3 is 2.00 bits per heavy atom. The smallest absolute Gasteiger partial charge is 0.00756 e. The highest BCUT2D eigenvalue weighted by Crippen LogP contribution is 2.03. The van der Waals surface area contributed by atoms with Gasteiger partial charge in [0.1, 0.15) is 0 Å². The summed E-state index contributed by atoms with van der Waals surface area (Å²) in [6.45, 7) is 6.02. The van der Waals surface area contributed by atoms with Crippen molar-refractivity contribution in [1.29, 1.82) is 0 Å². The molecule has 0 N–H and O–H groups in total. The van der Waals surface area contributed by atoms with E-state index in [0.717, 1.165) is 5.57 Å². The molecular weight excluding hydrogens is 144 g/mol. The summed E-state index contributed by atoms with van der Waals surface area (Å²) < 4.78 is 0. The third kappa shape index (κ3) is 3.20. The zero-order valence-electron chi connectivity index (χ0n) is 7.40. The molecular formula is C12H14. The predicted octanol–water partition coefficient (Wildman–Crippen LogP) is 3.42. The first kappa shape index (κ1) is 8.79. The molecule has 0 aromatic carbocycles. The van der Waals surface area contributed by atoms with Crippen LogP contribution in [0, 0.1) is 5.92 Å². The van der Waals surface area contributed by atoms with E-state index in [4.69, 9.17) is 0 Å². The van der Waals surface area contributed by atoms with Crippen LogP contribution in [-0.2, 0) is 0 Å². The van der Waals surface area contributed by atoms with Crippen LogP contribution in [-0.4, -0.2) is 0 Å². The lowest BCUT2D eigenvalue weighted by atomic mass is 10.1. The van der Waals surface area contributed by atoms with Gasteiger partial charge in [0.25, 0.3) is 0 Å². The van der Waals surface area contributed by atoms with Gasteiger partial charge < -0.3 is 0 Å². The lowest BCUT2D eigenvalue weighted by Gasteiger charge is -1.96. The summed E-state index contributed by atoms with van der Waals surface area (Å²) in [4.78, 5) is 0. The van der Waals surface area contributed by atoms with Gasteiger partial charge in [-0.1, -0.05) is 62.1 Å². The van der Waals surface area contributed by atoms with Crippen molar-refractivity contribution in [3.8, 4) is 0 Å². The molecule has 0 unspecified atom stereocenters. The molecule has 62 valence electrons. The molecule has 0 bridgehead atoms. The SMILES string of the molecule is C=C1/C=C\C=C/C(C)/C=C\C=C/1. The topological polar surface area (TPSA) is 0 Å². The highest BCUT2D eigenvalue weighted by atomic mass is 13.9. The van der Waals surface area contributed by atoms with Gasteiger partial charge in [-0.15, -0.1) is 0 Å². The summed E-state index contributed by atoms with van der Waals surface area (Å²) in [6, 6.07) is 0. The van der Waals surface area contributed by atoms with E-state index in [2.05, 4.69) is 37.8 Å². The molecule has 0 heterocycles. The zero-order valence-corrected chi connectivity index (χ0v) is 7.40. The van der Waals surface area contributed by atoms with Crippen LogP contribution in [0.25, 0.3) is 0 Å². The Morgan fingerprint density at radius 1 is 1.00 bits per heavy atom. The van der Waals surface area contributed by atoms with Crippen LogP contribution in [0.1, 0.15) is 6.92 Å². The molecule has 0 saturated carbocycles. The molecule has 0 heteroatoms. The first-order chi connectivity index (χ1) is 5.79. The number of hydrogen-bond donors (Lipinski definition) is 0. The summed E-state index contributed by atoms with van der Waals surface area (Å²) in [5.74, 6) is 0.505. The van der Waals surface area contributed by atoms with E-state index in [1.165, 1.54) is 0 Å². The van der Waals surface area contributed by atoms with E-state index >= 15 is 0 Å². The van der Waals surface area contributed by atoms with Crippen molar-refractivity contribution < 1.29 is 0 Å². The van der Waals surface area contributed by atoms with Gasteiger partial charge in [0.2, 0.25) is 0 Å². The fourth-order valence-electron chi connectivity index (χ4n) is 0.957. The lowest BCUT2D eigenvalue weighted by Crippen LogP contribution is -1.80. The molecule has 0 fully saturated rings. The highest BCUT2D eigenvalue weighted by Gasteiger charge is 1.87. The van der Waals surface area contributed by atoms with Crippen molar-refractivity contribution in [2.45, 2.75) is 6.92 Å². The van der Waals surface area contributed by atoms with Crippen LogP contribution in [0.2, 0.25) is 0 Å². The average Bonchev–Trinajstić information content (AvgIpc) is 2.06. The Kier molecular flexibility index (Phi) is 3.34. The first-order valence-electron chi connectivity index (χ1n) is 4.17. The minimum Gasteiger partial charge on any atom is -0.0918 e. The molecule has 0 saturated heterocycles. The predicted molar refractivity (Wildman–Crippen MR) is 54.9 cm³/mol. The van der Waals surface area contributed by atoms with Gasteiger partial charge in [-0.25, -0.2) is 0 Å². The maximum absolute atomic E-state index is 3.87. The van der Waals surface area contributed by atoms with E-state index < -0.39 is 0 Å². The Balaban J connectivity index is 2.77. The Hall–Kier alpha value is -1.30. The Morgan fingerprint density at radius 2 is 1.50 bits per heavy atom. The van der Waals surface area contributed by atoms with Crippen molar-refractivity contribution in [2.24, 2.45) is 5.92 Å². The van der Waals surface area contributed by atoms with Gasteiger partial charge in [-0.2, -0.15) is 0 Å². The van der Waals surface area contributed by atoms with E-state index in [0.29, 0.717) is 5.92 Å². The van der Waals surface area contributed by atoms with E-state index in [1.54, 1.807) is 0 Å². The van der Waals surface area contributed by atoms with Gasteiger partial charge >= 0.3 is 0 Å². The van der Waals surface area contributed by atoms with Crippen LogP contribution in [0.15, 0.2) is 60.8 Å². The summed E-state index contributed by atoms with van der Waals surface area (Å²) in [6.07, 6.45) is 16.4. The fraction of sp³-hybridized carbons (Fsp3) is 0.167. The van der Waals surface area contributed by atoms with Crippen LogP contribution >= 0.6 is 0 Å². The standard InChI is InChI=1S/C12H14/c1-11-7-3-5-9-12(2)10-6-4-8-11/h3-10,12H,1H2,2H3/b7-3-,8-4-,9-5-,10-6-. The maximum atomic E-state index is 3.87. The van der Waals surface area contributed by atoms with Gasteiger partial charge in [0.05, 0.1) is 0 Å². The first-order valence-corrected chi connectivity index (χ1v) is 4.17. The van der Waals surface area contributed by atoms with Crippen LogP contribution in [0.5, 0.6) is 0 Å². The molecule has 0 radical (unpaired) electrons. The summed E-state index contributed by atoms with van der Waals surface area (Å²) in [5.41, 5.74) is 1.03. The van der Waals surface area contributed by atoms with E-state index in [9.17, 15) is 0 Å². The molecule has 0 aromatic heterocycles. The van der Waals surface area contributed by atoms with Gasteiger partial charge in [0.15, 0.2) is 0 Å². The molecule has 1 aliphatic carbocycles. The molecule has 0 spiro atoms. The van der Waals surface area contributed by atoms with Crippen LogP contribution in [0.3, 0.4) is 0 Å². The Labute approximate surface area is 74.3 Å². The van der Waals surface area contributed by atoms with Crippen molar-refractivity contribution in [3.63, 3.8) is 0 Å². The number of rotatable bonds is 0. The van der Waals surface area contributed by atoms with Crippen LogP contribution in [0.4, 0.5) is 0 Å². The van der Waals surface area contributed by atoms with E-state index in [1.807, 2.05) is 24.3 Å². The normalized spacial score (nSPS) is 29.2. The summed E-state index contributed by atoms with van der Waals surface area (Å²) in [7, 11) is 0. The lowest BCUT2D eigenvalue weighted by molar-refractivity contribution is 0.940. The molecule has 0 aromatic rings. The molecule has 1 rings (SSSR count). The average molecular weight is 158 g/mol. The second-order valence-electron chi connectivity index (χ2n) is 2.92. The summed E-state index contributed by atoms with van der Waals surface area (Å²) in [5, 5.41) is 0. The molecule has 0 atom stereocenters. The largest absolute Gasteiger partial charge is 0.0918 e. The van der Waals surface area contributed by atoms with E-state index in [-0.39, 0.29) is 0 Å². The summed E-state index contributed by atoms with van der Waals surface area (Å²) >= 11 is 0. The van der Waals surface area contributed by atoms with Crippen molar-refractivity contribution >= 4 is 0 Å². The van der Waals surface area contributed by atoms with Crippen LogP contribution < -0.4 is 0 Å². The third-order valence-corrected chi connectivity index (χ3v) is 1.67. The molecule has 12 heavy (non-hydrogen) atoms. The second-order valence-corrected chi connectivity index (χ2v) is 2.92. The molecule has 0 amide bonds. The van der Waals surface area contributed by atoms with Crippen molar-refractivity contribution in [2.75, 3.05) is 0 Å². The second kappa shape index (κ2) is 4.55.